The Morgan fingerprint density at radius 1 is 0.972 bits per heavy atom. The van der Waals surface area contributed by atoms with Crippen LogP contribution in [0.15, 0.2) is 70.9 Å². The highest BCUT2D eigenvalue weighted by molar-refractivity contribution is 6.04. The Hall–Kier alpha value is -6.03. The Balaban J connectivity index is 1.22. The Morgan fingerprint density at radius 3 is 2.45 bits per heavy atom. The summed E-state index contributed by atoms with van der Waals surface area (Å²) in [6, 6.07) is 7.31. The predicted molar refractivity (Wildman–Crippen MR) is 271 cm³/mol. The van der Waals surface area contributed by atoms with Crippen molar-refractivity contribution in [1.29, 1.82) is 0 Å². The molecule has 15 nitrogen and oxygen atoms in total. The molecular weight excluding hydrogens is 901 g/mol. The lowest BCUT2D eigenvalue weighted by Crippen LogP contribution is -2.75. The first-order valence-electron chi connectivity index (χ1n) is 25.4. The topological polar surface area (TPSA) is 174 Å². The number of Topliss-reactive ketones (excluding diaryl/α,β-unsaturated/α-hetero) is 1. The average molecular weight is 969 g/mol. The minimum atomic E-state index is -1.61. The number of rotatable bonds is 14. The van der Waals surface area contributed by atoms with E-state index in [1.807, 2.05) is 76.1 Å². The number of allylic oxidation sites excluding steroid dienone is 4. The number of benzene rings is 2. The van der Waals surface area contributed by atoms with Gasteiger partial charge in [-0.3, -0.25) is 19.2 Å². The molecule has 0 radical (unpaired) electrons. The van der Waals surface area contributed by atoms with Gasteiger partial charge in [-0.05, 0) is 112 Å². The summed E-state index contributed by atoms with van der Waals surface area (Å²) >= 11 is 0. The number of aliphatic hydroxyl groups excluding tert-OH is 1. The van der Waals surface area contributed by atoms with Gasteiger partial charge >= 0.3 is 5.97 Å². The van der Waals surface area contributed by atoms with Gasteiger partial charge in [-0.25, -0.2) is 4.98 Å². The van der Waals surface area contributed by atoms with E-state index in [0.29, 0.717) is 72.2 Å². The first-order valence-corrected chi connectivity index (χ1v) is 25.4. The van der Waals surface area contributed by atoms with Gasteiger partial charge in [0.05, 0.1) is 52.5 Å². The summed E-state index contributed by atoms with van der Waals surface area (Å²) in [6.45, 7) is 18.6. The number of para-hydroxylation sites is 2. The summed E-state index contributed by atoms with van der Waals surface area (Å²) in [7, 11) is 2.03. The zero-order chi connectivity index (χ0) is 50.4. The smallest absolute Gasteiger partial charge is 0.311 e. The number of carbonyl (C=O) groups excluding carboxylic acids is 4. The van der Waals surface area contributed by atoms with Gasteiger partial charge in [-0.2, -0.15) is 0 Å². The maximum atomic E-state index is 16.0. The van der Waals surface area contributed by atoms with Gasteiger partial charge < -0.3 is 49.1 Å². The quantitative estimate of drug-likeness (QED) is 0.0625. The van der Waals surface area contributed by atoms with E-state index in [4.69, 9.17) is 23.9 Å². The van der Waals surface area contributed by atoms with Crippen LogP contribution < -0.4 is 24.8 Å². The van der Waals surface area contributed by atoms with E-state index in [9.17, 15) is 19.5 Å². The van der Waals surface area contributed by atoms with Crippen LogP contribution in [0.4, 0.5) is 5.95 Å². The van der Waals surface area contributed by atoms with Crippen LogP contribution in [0.5, 0.6) is 17.2 Å². The third-order valence-corrected chi connectivity index (χ3v) is 16.0. The highest BCUT2D eigenvalue weighted by Crippen LogP contribution is 2.74. The normalized spacial score (nSPS) is 27.4. The second-order valence-electron chi connectivity index (χ2n) is 21.8. The number of esters is 1. The van der Waals surface area contributed by atoms with Gasteiger partial charge in [-0.1, -0.05) is 41.5 Å². The molecule has 2 saturated heterocycles. The molecule has 8 aliphatic rings. The van der Waals surface area contributed by atoms with Gasteiger partial charge in [0.15, 0.2) is 22.7 Å². The maximum Gasteiger partial charge on any atom is 0.311 e. The molecule has 6 heterocycles. The molecule has 2 amide bonds. The molecule has 3 N–H and O–H groups in total. The number of ether oxygens (including phenoxy) is 4. The zero-order valence-electron chi connectivity index (χ0n) is 42.6. The number of hydrogen-bond acceptors (Lipinski definition) is 12. The lowest BCUT2D eigenvalue weighted by molar-refractivity contribution is -0.181. The molecule has 3 aromatic rings. The number of likely N-dealkylation sites (N-methyl/N-ethyl adjacent to an activating group) is 1. The average Bonchev–Trinajstić information content (AvgIpc) is 3.77. The number of carbonyl (C=O) groups is 4. The van der Waals surface area contributed by atoms with Crippen molar-refractivity contribution in [1.82, 2.24) is 24.7 Å². The number of piperazine rings is 1. The molecule has 3 saturated carbocycles. The molecule has 6 unspecified atom stereocenters. The van der Waals surface area contributed by atoms with E-state index in [0.717, 1.165) is 47.3 Å². The zero-order valence-corrected chi connectivity index (χ0v) is 42.6. The van der Waals surface area contributed by atoms with E-state index in [1.165, 1.54) is 5.57 Å². The van der Waals surface area contributed by atoms with E-state index < -0.39 is 40.3 Å². The van der Waals surface area contributed by atoms with E-state index in [2.05, 4.69) is 53.0 Å². The minimum absolute atomic E-state index is 0.0103. The van der Waals surface area contributed by atoms with Crippen molar-refractivity contribution in [2.24, 2.45) is 11.8 Å². The Morgan fingerprint density at radius 2 is 1.72 bits per heavy atom. The molecule has 6 atom stereocenters. The van der Waals surface area contributed by atoms with Crippen molar-refractivity contribution < 1.29 is 43.2 Å². The number of nitrogens with zero attached hydrogens (tertiary/aromatic N) is 4. The molecule has 5 fully saturated rings. The molecular formula is C56H68N6O9. The summed E-state index contributed by atoms with van der Waals surface area (Å²) in [5, 5.41) is 16.1. The second-order valence-corrected chi connectivity index (χ2v) is 21.8. The fourth-order valence-corrected chi connectivity index (χ4v) is 12.5. The molecule has 11 rings (SSSR count). The molecule has 4 bridgehead atoms. The molecule has 3 aliphatic carbocycles. The molecule has 5 aliphatic heterocycles. The Kier molecular flexibility index (Phi) is 12.3. The van der Waals surface area contributed by atoms with Crippen LogP contribution in [-0.2, 0) is 30.3 Å². The Labute approximate surface area is 416 Å². The van der Waals surface area contributed by atoms with Crippen molar-refractivity contribution in [2.75, 3.05) is 51.7 Å². The van der Waals surface area contributed by atoms with Gasteiger partial charge in [-0.15, -0.1) is 0 Å². The molecule has 1 aromatic heterocycles. The van der Waals surface area contributed by atoms with E-state index >= 15 is 4.79 Å². The lowest BCUT2D eigenvalue weighted by atomic mass is 9.47. The third kappa shape index (κ3) is 7.84. The van der Waals surface area contributed by atoms with Crippen LogP contribution in [0.1, 0.15) is 117 Å². The largest absolute Gasteiger partial charge is 0.482 e. The number of ketones is 1. The summed E-state index contributed by atoms with van der Waals surface area (Å²) in [5.74, 6) is -0.431. The number of imidazole rings is 1. The number of anilines is 1. The first-order chi connectivity index (χ1) is 33.8. The van der Waals surface area contributed by atoms with Gasteiger partial charge in [0.2, 0.25) is 17.8 Å². The summed E-state index contributed by atoms with van der Waals surface area (Å²) in [5.41, 5.74) is 2.74. The molecule has 376 valence electrons. The number of aliphatic hydroxyl groups is 1. The summed E-state index contributed by atoms with van der Waals surface area (Å²) < 4.78 is 31.3. The minimum Gasteiger partial charge on any atom is -0.482 e. The SMILES string of the molecule is CC(C)=CCCC1(C)C=Cc2c(c(CC=C(C)C)c3c(c2OC(=O)CCC(=O)N2CCN(C)CC2)C2=C4C(C5CC6C(C)(C)OC(C/C=C(/C)C(=O)NCCO)(C5=O)C46O3)n3c(nc4ccccc43)N2)O1. The number of fused-ring (bicyclic) bond motifs is 6. The third-order valence-electron chi connectivity index (χ3n) is 16.0. The van der Waals surface area contributed by atoms with Crippen molar-refractivity contribution in [3.05, 3.63) is 87.6 Å². The number of nitrogens with one attached hydrogen (secondary N) is 2. The van der Waals surface area contributed by atoms with Crippen molar-refractivity contribution in [3.63, 3.8) is 0 Å². The molecule has 1 spiro atoms. The summed E-state index contributed by atoms with van der Waals surface area (Å²) in [6.07, 6.45) is 12.2. The van der Waals surface area contributed by atoms with E-state index in [-0.39, 0.29) is 61.7 Å². The maximum absolute atomic E-state index is 16.0. The predicted octanol–water partition coefficient (Wildman–Crippen LogP) is 7.64. The molecule has 71 heavy (non-hydrogen) atoms. The van der Waals surface area contributed by atoms with Crippen LogP contribution >= 0.6 is 0 Å². The van der Waals surface area contributed by atoms with Gasteiger partial charge in [0.1, 0.15) is 17.1 Å². The Bertz CT molecular complexity index is 2910. The fraction of sp³-hybridized carbons (Fsp3) is 0.518. The van der Waals surface area contributed by atoms with Crippen LogP contribution in [0.3, 0.4) is 0 Å². The van der Waals surface area contributed by atoms with Crippen LogP contribution in [-0.4, -0.2) is 117 Å². The van der Waals surface area contributed by atoms with Crippen LogP contribution in [0, 0.1) is 11.8 Å². The lowest BCUT2D eigenvalue weighted by Gasteiger charge is -2.62. The number of aromatic nitrogens is 2. The van der Waals surface area contributed by atoms with E-state index in [1.54, 1.807) is 13.0 Å². The standard InChI is InChI=1S/C56H68N6O9/c1-32(2)13-12-22-54(8)23-21-36-47(69-54)35(17-16-33(3)4)49-43(48(36)68-42(65)19-18-41(64)61-28-26-60(9)27-29-61)45-44-46(62-39-15-11-10-14-38(39)58-52(62)59-45)37-31-40-53(6,7)71-55(50(37)66,56(40,44)70-49)24-20-34(5)51(67)57-25-30-63/h10-11,13-16,20-21,23,37,40,46,63H,12,17-19,22,24-31H2,1-9H3,(H,57,67)(H,58,59)/b34-20-. The van der Waals surface area contributed by atoms with Crippen molar-refractivity contribution in [3.8, 4) is 17.2 Å². The highest BCUT2D eigenvalue weighted by atomic mass is 16.6. The van der Waals surface area contributed by atoms with Crippen LogP contribution in [0.2, 0.25) is 0 Å². The number of hydrogen-bond donors (Lipinski definition) is 3. The molecule has 15 heteroatoms. The van der Waals surface area contributed by atoms with Gasteiger partial charge in [0, 0.05) is 74.1 Å². The highest BCUT2D eigenvalue weighted by Gasteiger charge is 2.84. The first kappa shape index (κ1) is 48.6. The van der Waals surface area contributed by atoms with Gasteiger partial charge in [0.25, 0.3) is 0 Å². The van der Waals surface area contributed by atoms with Crippen molar-refractivity contribution in [2.45, 2.75) is 129 Å². The number of amides is 2. The van der Waals surface area contributed by atoms with Crippen LogP contribution in [0.25, 0.3) is 22.8 Å². The monoisotopic (exact) mass is 969 g/mol. The summed E-state index contributed by atoms with van der Waals surface area (Å²) in [4.78, 5) is 66.6. The second kappa shape index (κ2) is 17.9. The van der Waals surface area contributed by atoms with Crippen molar-refractivity contribution >= 4 is 52.3 Å². The fourth-order valence-electron chi connectivity index (χ4n) is 12.5. The molecule has 2 aromatic carbocycles.